The van der Waals surface area contributed by atoms with Crippen LogP contribution in [0.3, 0.4) is 0 Å². The Morgan fingerprint density at radius 2 is 2.12 bits per heavy atom. The van der Waals surface area contributed by atoms with E-state index >= 15 is 0 Å². The first-order chi connectivity index (χ1) is 3.80. The Morgan fingerprint density at radius 1 is 1.38 bits per heavy atom. The highest BCUT2D eigenvalue weighted by molar-refractivity contribution is 5.67. The summed E-state index contributed by atoms with van der Waals surface area (Å²) in [5.74, 6) is -0.253. The minimum atomic E-state index is -0.253. The highest BCUT2D eigenvalue weighted by atomic mass is 16.3. The van der Waals surface area contributed by atoms with Gasteiger partial charge in [-0.25, -0.2) is 4.79 Å². The smallest absolute Gasteiger partial charge is 0.215 e. The molecular formula is C5H8NO2+. The van der Waals surface area contributed by atoms with Gasteiger partial charge in [-0.1, -0.05) is 0 Å². The molecule has 0 aromatic heterocycles. The molecule has 3 heteroatoms. The van der Waals surface area contributed by atoms with E-state index in [-0.39, 0.29) is 5.91 Å². The molecule has 0 aromatic carbocycles. The second-order valence-corrected chi connectivity index (χ2v) is 1.95. The molecule has 1 saturated heterocycles. The van der Waals surface area contributed by atoms with Gasteiger partial charge in [0.2, 0.25) is 6.54 Å². The number of carbonyl (C=O) groups excluding carboxylic acids is 1. The Balaban J connectivity index is 2.52. The van der Waals surface area contributed by atoms with Crippen LogP contribution in [-0.4, -0.2) is 17.2 Å². The summed E-state index contributed by atoms with van der Waals surface area (Å²) < 4.78 is 0.545. The molecule has 3 nitrogen and oxygen atoms in total. The quantitative estimate of drug-likeness (QED) is 0.429. The molecule has 1 rings (SSSR count). The second-order valence-electron chi connectivity index (χ2n) is 1.95. The lowest BCUT2D eigenvalue weighted by Crippen LogP contribution is -2.23. The third-order valence-corrected chi connectivity index (χ3v) is 1.28. The number of rotatable bonds is 0. The van der Waals surface area contributed by atoms with Crippen molar-refractivity contribution >= 4 is 5.91 Å². The molecular weight excluding hydrogens is 106 g/mol. The Kier molecular flexibility index (Phi) is 1.37. The highest BCUT2D eigenvalue weighted by Crippen LogP contribution is 2.03. The molecule has 0 spiro atoms. The van der Waals surface area contributed by atoms with Crippen molar-refractivity contribution in [3.8, 4) is 0 Å². The largest absolute Gasteiger partial charge is 0.433 e. The first-order valence-corrected chi connectivity index (χ1v) is 2.78. The maximum atomic E-state index is 10.4. The molecule has 1 fully saturated rings. The number of amides is 1. The fourth-order valence-corrected chi connectivity index (χ4v) is 0.781. The molecule has 0 unspecified atom stereocenters. The molecule has 1 amide bonds. The molecule has 8 heavy (non-hydrogen) atoms. The van der Waals surface area contributed by atoms with Crippen LogP contribution in [-0.2, 0) is 4.79 Å². The van der Waals surface area contributed by atoms with E-state index in [9.17, 15) is 9.70 Å². The predicted molar refractivity (Wildman–Crippen MR) is 27.4 cm³/mol. The zero-order valence-electron chi connectivity index (χ0n) is 4.59. The normalized spacial score (nSPS) is 21.5. The average molecular weight is 114 g/mol. The number of piperidine rings is 1. The van der Waals surface area contributed by atoms with Crippen LogP contribution >= 0.6 is 0 Å². The van der Waals surface area contributed by atoms with Gasteiger partial charge in [0.15, 0.2) is 0 Å². The van der Waals surface area contributed by atoms with Gasteiger partial charge in [0.25, 0.3) is 0 Å². The minimum absolute atomic E-state index is 0.253. The van der Waals surface area contributed by atoms with E-state index in [1.54, 1.807) is 0 Å². The van der Waals surface area contributed by atoms with Crippen molar-refractivity contribution in [3.63, 3.8) is 0 Å². The minimum Gasteiger partial charge on any atom is -0.215 e. The summed E-state index contributed by atoms with van der Waals surface area (Å²) in [6.07, 6.45) is 2.20. The molecule has 0 atom stereocenters. The van der Waals surface area contributed by atoms with Gasteiger partial charge in [-0.15, -0.1) is 0 Å². The average Bonchev–Trinajstić information content (AvgIpc) is 1.77. The molecule has 0 saturated carbocycles. The first kappa shape index (κ1) is 5.41. The van der Waals surface area contributed by atoms with E-state index in [2.05, 4.69) is 0 Å². The number of hydrogen-bond donors (Lipinski definition) is 0. The lowest BCUT2D eigenvalue weighted by Gasteiger charge is -1.97. The van der Waals surface area contributed by atoms with Crippen LogP contribution in [0.25, 0.3) is 0 Å². The lowest BCUT2D eigenvalue weighted by molar-refractivity contribution is -0.476. The van der Waals surface area contributed by atoms with Gasteiger partial charge in [0.05, 0.1) is 11.2 Å². The molecule has 1 aliphatic heterocycles. The van der Waals surface area contributed by atoms with E-state index in [4.69, 9.17) is 0 Å². The fourth-order valence-electron chi connectivity index (χ4n) is 0.781. The van der Waals surface area contributed by atoms with Crippen molar-refractivity contribution in [2.75, 3.05) is 6.54 Å². The Morgan fingerprint density at radius 3 is 2.50 bits per heavy atom. The third-order valence-electron chi connectivity index (χ3n) is 1.28. The number of hydrogen-bond acceptors (Lipinski definition) is 2. The number of carbonyl (C=O) groups is 1. The van der Waals surface area contributed by atoms with E-state index in [1.165, 1.54) is 0 Å². The molecule has 1 heterocycles. The van der Waals surface area contributed by atoms with Gasteiger partial charge >= 0.3 is 5.91 Å². The van der Waals surface area contributed by atoms with Crippen LogP contribution in [0.1, 0.15) is 19.3 Å². The van der Waals surface area contributed by atoms with Crippen LogP contribution in [0.5, 0.6) is 0 Å². The summed E-state index contributed by atoms with van der Waals surface area (Å²) in [6.45, 7) is 0.402. The van der Waals surface area contributed by atoms with Crippen molar-refractivity contribution < 1.29 is 9.55 Å². The zero-order chi connectivity index (χ0) is 5.98. The second kappa shape index (κ2) is 2.03. The molecule has 0 radical (unpaired) electrons. The molecule has 1 aliphatic rings. The summed E-state index contributed by atoms with van der Waals surface area (Å²) in [5, 5.41) is 0. The Hall–Kier alpha value is -0.730. The van der Waals surface area contributed by atoms with E-state index in [0.717, 1.165) is 12.8 Å². The third kappa shape index (κ3) is 0.911. The molecule has 0 N–H and O–H groups in total. The van der Waals surface area contributed by atoms with E-state index < -0.39 is 0 Å². The van der Waals surface area contributed by atoms with Gasteiger partial charge in [0.1, 0.15) is 0 Å². The van der Waals surface area contributed by atoms with E-state index in [1.807, 2.05) is 0 Å². The molecule has 0 aromatic rings. The topological polar surface area (TPSA) is 37.1 Å². The number of nitrogens with zero attached hydrogens (tertiary/aromatic N) is 1. The van der Waals surface area contributed by atoms with Crippen molar-refractivity contribution in [2.24, 2.45) is 0 Å². The van der Waals surface area contributed by atoms with Crippen LogP contribution in [0.2, 0.25) is 0 Å². The van der Waals surface area contributed by atoms with Crippen molar-refractivity contribution in [2.45, 2.75) is 19.3 Å². The van der Waals surface area contributed by atoms with Gasteiger partial charge in [-0.2, -0.15) is 0 Å². The predicted octanol–water partition coefficient (Wildman–Crippen LogP) is 0.476. The monoisotopic (exact) mass is 114 g/mol. The van der Waals surface area contributed by atoms with Crippen LogP contribution in [0.15, 0.2) is 0 Å². The van der Waals surface area contributed by atoms with Crippen molar-refractivity contribution in [1.82, 2.24) is 0 Å². The standard InChI is InChI=1S/C5H8NO2/c7-5-3-1-2-4-6(5)8/h1-4H2/q+1. The summed E-state index contributed by atoms with van der Waals surface area (Å²) in [7, 11) is 0. The van der Waals surface area contributed by atoms with Crippen LogP contribution in [0.4, 0.5) is 0 Å². The fraction of sp³-hybridized carbons (Fsp3) is 0.800. The first-order valence-electron chi connectivity index (χ1n) is 2.78. The Labute approximate surface area is 47.3 Å². The molecule has 44 valence electrons. The lowest BCUT2D eigenvalue weighted by atomic mass is 10.2. The SMILES string of the molecule is O=C1CCCC[N+]1=O. The highest BCUT2D eigenvalue weighted by Gasteiger charge is 2.25. The van der Waals surface area contributed by atoms with Gasteiger partial charge in [0, 0.05) is 11.3 Å². The summed E-state index contributed by atoms with van der Waals surface area (Å²) in [4.78, 5) is 20.8. The summed E-state index contributed by atoms with van der Waals surface area (Å²) >= 11 is 0. The van der Waals surface area contributed by atoms with Crippen molar-refractivity contribution in [3.05, 3.63) is 4.91 Å². The maximum Gasteiger partial charge on any atom is 0.433 e. The number of nitroso groups, excluding NO2 is 1. The van der Waals surface area contributed by atoms with Gasteiger partial charge in [-0.3, -0.25) is 0 Å². The maximum absolute atomic E-state index is 10.4. The van der Waals surface area contributed by atoms with Gasteiger partial charge < -0.3 is 0 Å². The Bertz CT molecular complexity index is 114. The zero-order valence-corrected chi connectivity index (χ0v) is 4.59. The van der Waals surface area contributed by atoms with Crippen molar-refractivity contribution in [1.29, 1.82) is 0 Å². The molecule has 0 aliphatic carbocycles. The van der Waals surface area contributed by atoms with Crippen LogP contribution < -0.4 is 0 Å². The molecule has 0 bridgehead atoms. The van der Waals surface area contributed by atoms with E-state index in [0.29, 0.717) is 17.7 Å². The van der Waals surface area contributed by atoms with Crippen LogP contribution in [0, 0.1) is 4.91 Å². The van der Waals surface area contributed by atoms with Gasteiger partial charge in [-0.05, 0) is 6.42 Å². The summed E-state index contributed by atoms with van der Waals surface area (Å²) in [5.41, 5.74) is 0. The summed E-state index contributed by atoms with van der Waals surface area (Å²) in [6, 6.07) is 0.